The fourth-order valence-corrected chi connectivity index (χ4v) is 14.6. The van der Waals surface area contributed by atoms with Crippen LogP contribution in [0.1, 0.15) is 229 Å². The van der Waals surface area contributed by atoms with E-state index in [1.54, 1.807) is 41.5 Å². The van der Waals surface area contributed by atoms with Gasteiger partial charge in [0.25, 0.3) is 0 Å². The predicted octanol–water partition coefficient (Wildman–Crippen LogP) is -9.74. The summed E-state index contributed by atoms with van der Waals surface area (Å²) >= 11 is 0. The number of aliphatic hydroxyl groups excluding tert-OH is 3. The molecular formula is C89H153N23O33. The average molecular weight is 2070 g/mol. The van der Waals surface area contributed by atoms with E-state index < -0.39 is 352 Å². The minimum Gasteiger partial charge on any atom is -0.481 e. The van der Waals surface area contributed by atoms with Gasteiger partial charge < -0.3 is 170 Å². The predicted molar refractivity (Wildman–Crippen MR) is 511 cm³/mol. The zero-order valence-corrected chi connectivity index (χ0v) is 83.4. The number of hydrogen-bond donors (Lipinski definition) is 31. The second-order valence-electron chi connectivity index (χ2n) is 35.7. The number of amides is 18. The van der Waals surface area contributed by atoms with E-state index in [4.69, 9.17) is 33.8 Å². The summed E-state index contributed by atoms with van der Waals surface area (Å²) in [6, 6.07) is -28.2. The Morgan fingerprint density at radius 3 is 1.03 bits per heavy atom. The molecule has 1 aliphatic heterocycles. The largest absolute Gasteiger partial charge is 0.481 e. The molecule has 18 amide bonds. The molecule has 0 aromatic rings. The van der Waals surface area contributed by atoms with Crippen molar-refractivity contribution < 1.29 is 161 Å². The summed E-state index contributed by atoms with van der Waals surface area (Å²) in [5.74, 6) is -30.5. The number of unbranched alkanes of at least 4 members (excludes halogenated alkanes) is 4. The van der Waals surface area contributed by atoms with Gasteiger partial charge >= 0.3 is 35.8 Å². The topological polar surface area (TPSA) is 930 Å². The Bertz CT molecular complexity index is 4340. The second-order valence-corrected chi connectivity index (χ2v) is 35.7. The van der Waals surface area contributed by atoms with Crippen LogP contribution in [0.5, 0.6) is 0 Å². The fourth-order valence-electron chi connectivity index (χ4n) is 14.6. The van der Waals surface area contributed by atoms with Gasteiger partial charge in [-0.15, -0.1) is 0 Å². The molecule has 0 unspecified atom stereocenters. The van der Waals surface area contributed by atoms with Crippen LogP contribution in [-0.2, 0) is 115 Å². The van der Waals surface area contributed by atoms with E-state index >= 15 is 0 Å². The van der Waals surface area contributed by atoms with Crippen molar-refractivity contribution >= 4 is 142 Å². The average Bonchev–Trinajstić information content (AvgIpc) is 1.68. The number of likely N-dealkylation sites (tertiary alicyclic amines) is 1. The second kappa shape index (κ2) is 69.1. The summed E-state index contributed by atoms with van der Waals surface area (Å²) in [5.41, 5.74) is 28.4. The summed E-state index contributed by atoms with van der Waals surface area (Å²) in [6.45, 7) is 10.7. The number of aliphatic hydroxyl groups is 3. The molecular weight excluding hydrogens is 1920 g/mol. The maximum atomic E-state index is 14.9. The minimum atomic E-state index is -2.03. The van der Waals surface area contributed by atoms with Crippen molar-refractivity contribution in [2.45, 2.75) is 344 Å². The SMILES string of the molecule is CC[C@H](C)[C@H](NC(=O)CNC(=O)CNC(=O)[C@H](CCCCN)NC(=O)[C@@H](NC(=O)[C@H](CCCCN)NC(=O)[C@H](CCC(=O)O)NC(=O)[C@H](CCC(=O)O)NC(=O)[C@H](CO)NC(=O)[C@@H](N)CCC(=O)O)[C@@H](C)O)C(=O)N[C@H](C(=O)N[C@H](C(=O)N1CCC[C@H]1C(=O)N[C@@H](CC(=O)O)C(=O)N[C@H](C(=O)N[C@@H](C)C(=O)N[C@@H](CCCCN)C(=O)N[C@@H](CCC(=O)O)C(=O)N[C@@H](CCCCN)C(=O)O)[C@@H](C)O)[C@@H](C)CC)[C@@H](C)CC. The first-order valence-corrected chi connectivity index (χ1v) is 48.5. The summed E-state index contributed by atoms with van der Waals surface area (Å²) in [6.07, 6.45) is -7.79. The Kier molecular flexibility index (Phi) is 61.9. The van der Waals surface area contributed by atoms with Crippen LogP contribution in [0.15, 0.2) is 0 Å². The normalized spacial score (nSPS) is 16.6. The number of carbonyl (C=O) groups excluding carboxylic acids is 18. The zero-order valence-electron chi connectivity index (χ0n) is 83.4. The van der Waals surface area contributed by atoms with Gasteiger partial charge in [-0.05, 0) is 180 Å². The lowest BCUT2D eigenvalue weighted by atomic mass is 9.93. The third-order valence-corrected chi connectivity index (χ3v) is 23.9. The summed E-state index contributed by atoms with van der Waals surface area (Å²) in [4.78, 5) is 323. The monoisotopic (exact) mass is 2070 g/mol. The molecule has 0 spiro atoms. The van der Waals surface area contributed by atoms with Crippen LogP contribution in [0, 0.1) is 17.8 Å². The molecule has 1 saturated heterocycles. The maximum Gasteiger partial charge on any atom is 0.326 e. The highest BCUT2D eigenvalue weighted by Crippen LogP contribution is 2.24. The molecule has 0 bridgehead atoms. The van der Waals surface area contributed by atoms with Gasteiger partial charge in [0.1, 0.15) is 96.7 Å². The molecule has 0 saturated carbocycles. The van der Waals surface area contributed by atoms with Crippen LogP contribution in [0.4, 0.5) is 0 Å². The van der Waals surface area contributed by atoms with Crippen molar-refractivity contribution in [3.05, 3.63) is 0 Å². The molecule has 822 valence electrons. The van der Waals surface area contributed by atoms with Crippen molar-refractivity contribution in [1.29, 1.82) is 0 Å². The summed E-state index contributed by atoms with van der Waals surface area (Å²) in [7, 11) is 0. The number of carboxylic acids is 6. The van der Waals surface area contributed by atoms with Crippen LogP contribution in [-0.4, -0.2) is 360 Å². The lowest BCUT2D eigenvalue weighted by Gasteiger charge is -2.34. The minimum absolute atomic E-state index is 0.0576. The molecule has 0 aliphatic carbocycles. The quantitative estimate of drug-likeness (QED) is 0.0251. The molecule has 56 heteroatoms. The van der Waals surface area contributed by atoms with Crippen LogP contribution < -0.4 is 119 Å². The maximum absolute atomic E-state index is 14.9. The van der Waals surface area contributed by atoms with E-state index in [9.17, 15) is 156 Å². The lowest BCUT2D eigenvalue weighted by molar-refractivity contribution is -0.145. The van der Waals surface area contributed by atoms with E-state index in [0.29, 0.717) is 19.3 Å². The van der Waals surface area contributed by atoms with Crippen LogP contribution >= 0.6 is 0 Å². The van der Waals surface area contributed by atoms with Gasteiger partial charge in [-0.1, -0.05) is 60.8 Å². The van der Waals surface area contributed by atoms with Crippen molar-refractivity contribution in [2.24, 2.45) is 46.4 Å². The highest BCUT2D eigenvalue weighted by atomic mass is 16.4. The van der Waals surface area contributed by atoms with Gasteiger partial charge in [-0.25, -0.2) is 4.79 Å². The van der Waals surface area contributed by atoms with Crippen LogP contribution in [0.2, 0.25) is 0 Å². The number of rotatable bonds is 75. The van der Waals surface area contributed by atoms with E-state index in [0.717, 1.165) is 25.7 Å². The van der Waals surface area contributed by atoms with Crippen molar-refractivity contribution in [2.75, 3.05) is 52.4 Å². The Morgan fingerprint density at radius 2 is 0.634 bits per heavy atom. The number of nitrogens with zero attached hydrogens (tertiary/aromatic N) is 1. The van der Waals surface area contributed by atoms with Gasteiger partial charge in [0.05, 0.1) is 44.4 Å². The van der Waals surface area contributed by atoms with Crippen LogP contribution in [0.3, 0.4) is 0 Å². The van der Waals surface area contributed by atoms with Gasteiger partial charge in [0.2, 0.25) is 106 Å². The number of carboxylic acid groups (broad SMARTS) is 6. The molecule has 1 fully saturated rings. The molecule has 22 atom stereocenters. The molecule has 1 aliphatic rings. The third kappa shape index (κ3) is 48.9. The van der Waals surface area contributed by atoms with Crippen molar-refractivity contribution in [3.8, 4) is 0 Å². The molecule has 1 heterocycles. The molecule has 145 heavy (non-hydrogen) atoms. The van der Waals surface area contributed by atoms with Gasteiger partial charge in [-0.2, -0.15) is 0 Å². The molecule has 56 nitrogen and oxygen atoms in total. The summed E-state index contributed by atoms with van der Waals surface area (Å²) < 4.78 is 0. The first-order valence-electron chi connectivity index (χ1n) is 48.5. The van der Waals surface area contributed by atoms with E-state index in [1.165, 1.54) is 0 Å². The summed E-state index contributed by atoms with van der Waals surface area (Å²) in [5, 5.41) is 129. The van der Waals surface area contributed by atoms with Crippen molar-refractivity contribution in [3.63, 3.8) is 0 Å². The molecule has 0 aromatic heterocycles. The number of carbonyl (C=O) groups is 24. The third-order valence-electron chi connectivity index (χ3n) is 23.9. The number of nitrogens with two attached hydrogens (primary N) is 5. The Labute approximate surface area is 838 Å². The Hall–Kier alpha value is -13.0. The highest BCUT2D eigenvalue weighted by molar-refractivity contribution is 6.02. The van der Waals surface area contributed by atoms with Crippen molar-refractivity contribution in [1.82, 2.24) is 95.3 Å². The first kappa shape index (κ1) is 130. The molecule has 0 radical (unpaired) electrons. The number of aliphatic carboxylic acids is 6. The van der Waals surface area contributed by atoms with E-state index in [1.807, 2.05) is 0 Å². The van der Waals surface area contributed by atoms with Gasteiger partial charge in [0, 0.05) is 32.2 Å². The molecule has 36 N–H and O–H groups in total. The first-order chi connectivity index (χ1) is 68.2. The number of nitrogens with one attached hydrogen (secondary N) is 17. The molecule has 1 rings (SSSR count). The Morgan fingerprint density at radius 1 is 0.317 bits per heavy atom. The van der Waals surface area contributed by atoms with Gasteiger partial charge in [-0.3, -0.25) is 110 Å². The Balaban J connectivity index is 3.46. The lowest BCUT2D eigenvalue weighted by Crippen LogP contribution is -2.62. The van der Waals surface area contributed by atoms with Gasteiger partial charge in [0.15, 0.2) is 0 Å². The highest BCUT2D eigenvalue weighted by Gasteiger charge is 2.45. The number of hydrogen-bond acceptors (Lipinski definition) is 32. The van der Waals surface area contributed by atoms with E-state index in [-0.39, 0.29) is 123 Å². The smallest absolute Gasteiger partial charge is 0.326 e. The van der Waals surface area contributed by atoms with Crippen LogP contribution in [0.25, 0.3) is 0 Å². The van der Waals surface area contributed by atoms with E-state index in [2.05, 4.69) is 90.4 Å². The zero-order chi connectivity index (χ0) is 110. The standard InChI is InChI=1S/C89H153N23O33/c1-10-44(4)68(107-62(117)42-95-61(116)41-96-75(130)51(22-13-17-35-90)103-87(142)72(49(9)115)110-80(135)53(24-15-19-37-92)99-77(132)54(28-32-64(120)121)101-78(133)55(29-33-65(122)123)102-82(137)59(43-113)106-74(129)50(94)27-31-63(118)119)84(139)108-69(45(5)11-2)85(140)109-70(46(6)12-3)88(143)112-39-21-26-60(112)83(138)105-58(40-67(126)127)81(136)111-71(48(8)114)86(141)97-47(7)73(128)98-52(23-14-18-36-91)76(131)100-56(30-34-66(124)125)79(134)104-57(89(144)145)25-16-20-38-93/h44-60,68-72,113-115H,10-43,90-94H2,1-9H3,(H,95,116)(H,96,130)(H,97,141)(H,98,128)(H,99,132)(H,100,131)(H,101,133)(H,102,137)(H,103,142)(H,104,134)(H,105,138)(H,106,129)(H,107,117)(H,108,139)(H,109,140)(H,110,135)(H,111,136)(H,118,119)(H,120,121)(H,122,123)(H,124,125)(H,126,127)(H,144,145)/t44-,45-,46-,47-,48+,49+,50-,51-,52-,53-,54-,55-,56-,57-,58-,59-,60-,68-,69-,70-,71-,72-/m0/s1. The fraction of sp³-hybridized carbons (Fsp3) is 0.730. The molecule has 0 aromatic carbocycles.